The summed E-state index contributed by atoms with van der Waals surface area (Å²) in [6.07, 6.45) is 0.575. The normalized spacial score (nSPS) is 10.2. The second-order valence-corrected chi connectivity index (χ2v) is 5.57. The molecule has 0 radical (unpaired) electrons. The molecule has 0 aliphatic heterocycles. The Morgan fingerprint density at radius 1 is 1.05 bits per heavy atom. The maximum Gasteiger partial charge on any atom is 0.0923 e. The van der Waals surface area contributed by atoms with Gasteiger partial charge in [-0.2, -0.15) is 0 Å². The molecule has 0 spiro atoms. The van der Waals surface area contributed by atoms with E-state index in [9.17, 15) is 0 Å². The van der Waals surface area contributed by atoms with Crippen LogP contribution in [0.15, 0.2) is 59.1 Å². The molecule has 0 aliphatic rings. The summed E-state index contributed by atoms with van der Waals surface area (Å²) in [5.74, 6) is 0.224. The SMILES string of the molecule is N=C(N)CCN(Cc1ccc(Br)cc1)c1ccccc1. The molecule has 0 saturated carbocycles. The van der Waals surface area contributed by atoms with Crippen molar-refractivity contribution in [2.75, 3.05) is 11.4 Å². The summed E-state index contributed by atoms with van der Waals surface area (Å²) in [6.45, 7) is 1.56. The number of hydrogen-bond donors (Lipinski definition) is 2. The minimum Gasteiger partial charge on any atom is -0.388 e. The number of nitrogens with one attached hydrogen (secondary N) is 1. The number of hydrogen-bond acceptors (Lipinski definition) is 2. The van der Waals surface area contributed by atoms with Crippen LogP contribution in [0.3, 0.4) is 0 Å². The molecule has 0 aliphatic carbocycles. The fraction of sp³-hybridized carbons (Fsp3) is 0.188. The lowest BCUT2D eigenvalue weighted by Crippen LogP contribution is -2.27. The largest absolute Gasteiger partial charge is 0.388 e. The average Bonchev–Trinajstić information content (AvgIpc) is 2.46. The molecule has 20 heavy (non-hydrogen) atoms. The summed E-state index contributed by atoms with van der Waals surface area (Å²) < 4.78 is 1.08. The van der Waals surface area contributed by atoms with E-state index in [4.69, 9.17) is 11.1 Å². The molecule has 3 nitrogen and oxygen atoms in total. The third-order valence-electron chi connectivity index (χ3n) is 3.06. The smallest absolute Gasteiger partial charge is 0.0923 e. The summed E-state index contributed by atoms with van der Waals surface area (Å²) in [5, 5.41) is 7.40. The standard InChI is InChI=1S/C16H18BrN3/c17-14-8-6-13(7-9-14)12-20(11-10-16(18)19)15-4-2-1-3-5-15/h1-9H,10-12H2,(H3,18,19). The first-order valence-corrected chi connectivity index (χ1v) is 7.32. The monoisotopic (exact) mass is 331 g/mol. The number of benzene rings is 2. The zero-order valence-electron chi connectivity index (χ0n) is 11.2. The first-order chi connectivity index (χ1) is 9.65. The Kier molecular flexibility index (Phi) is 5.18. The number of amidine groups is 1. The molecular formula is C16H18BrN3. The lowest BCUT2D eigenvalue weighted by atomic mass is 10.2. The predicted molar refractivity (Wildman–Crippen MR) is 88.2 cm³/mol. The van der Waals surface area contributed by atoms with Gasteiger partial charge in [0.15, 0.2) is 0 Å². The number of nitrogens with two attached hydrogens (primary N) is 1. The van der Waals surface area contributed by atoms with E-state index in [0.29, 0.717) is 6.42 Å². The van der Waals surface area contributed by atoms with Crippen molar-refractivity contribution in [2.24, 2.45) is 5.73 Å². The maximum atomic E-state index is 7.40. The van der Waals surface area contributed by atoms with Crippen LogP contribution in [0.2, 0.25) is 0 Å². The van der Waals surface area contributed by atoms with Crippen molar-refractivity contribution in [1.82, 2.24) is 0 Å². The van der Waals surface area contributed by atoms with Crippen molar-refractivity contribution in [3.8, 4) is 0 Å². The summed E-state index contributed by atoms with van der Waals surface area (Å²) in [4.78, 5) is 2.24. The van der Waals surface area contributed by atoms with Crippen molar-refractivity contribution in [3.05, 3.63) is 64.6 Å². The van der Waals surface area contributed by atoms with E-state index in [-0.39, 0.29) is 5.84 Å². The van der Waals surface area contributed by atoms with Gasteiger partial charge < -0.3 is 10.6 Å². The van der Waals surface area contributed by atoms with Gasteiger partial charge in [-0.05, 0) is 29.8 Å². The molecule has 3 N–H and O–H groups in total. The number of rotatable bonds is 6. The Morgan fingerprint density at radius 2 is 1.70 bits per heavy atom. The highest BCUT2D eigenvalue weighted by atomic mass is 79.9. The molecular weight excluding hydrogens is 314 g/mol. The van der Waals surface area contributed by atoms with Gasteiger partial charge in [-0.1, -0.05) is 46.3 Å². The molecule has 0 saturated heterocycles. The predicted octanol–water partition coefficient (Wildman–Crippen LogP) is 3.78. The van der Waals surface area contributed by atoms with Crippen molar-refractivity contribution in [1.29, 1.82) is 5.41 Å². The van der Waals surface area contributed by atoms with Gasteiger partial charge in [0.2, 0.25) is 0 Å². The fourth-order valence-electron chi connectivity index (χ4n) is 2.00. The molecule has 104 valence electrons. The molecule has 0 bridgehead atoms. The molecule has 2 aromatic rings. The summed E-state index contributed by atoms with van der Waals surface area (Å²) in [5.41, 5.74) is 7.87. The molecule has 2 aromatic carbocycles. The Bertz CT molecular complexity index is 552. The van der Waals surface area contributed by atoms with E-state index < -0.39 is 0 Å². The van der Waals surface area contributed by atoms with E-state index in [1.54, 1.807) is 0 Å². The van der Waals surface area contributed by atoms with Crippen molar-refractivity contribution >= 4 is 27.5 Å². The van der Waals surface area contributed by atoms with Gasteiger partial charge >= 0.3 is 0 Å². The minimum absolute atomic E-state index is 0.224. The third kappa shape index (κ3) is 4.38. The van der Waals surface area contributed by atoms with Gasteiger partial charge in [0.25, 0.3) is 0 Å². The van der Waals surface area contributed by atoms with Gasteiger partial charge in [0, 0.05) is 29.7 Å². The maximum absolute atomic E-state index is 7.40. The van der Waals surface area contributed by atoms with E-state index in [0.717, 1.165) is 23.2 Å². The van der Waals surface area contributed by atoms with Crippen LogP contribution < -0.4 is 10.6 Å². The molecule has 4 heteroatoms. The lowest BCUT2D eigenvalue weighted by Gasteiger charge is -2.25. The van der Waals surface area contributed by atoms with Crippen molar-refractivity contribution in [3.63, 3.8) is 0 Å². The first kappa shape index (κ1) is 14.6. The van der Waals surface area contributed by atoms with E-state index >= 15 is 0 Å². The van der Waals surface area contributed by atoms with Crippen LogP contribution in [0.25, 0.3) is 0 Å². The minimum atomic E-state index is 0.224. The first-order valence-electron chi connectivity index (χ1n) is 6.52. The molecule has 0 unspecified atom stereocenters. The van der Waals surface area contributed by atoms with Crippen LogP contribution in [0.5, 0.6) is 0 Å². The molecule has 2 rings (SSSR count). The van der Waals surface area contributed by atoms with Crippen LogP contribution in [-0.4, -0.2) is 12.4 Å². The molecule has 0 heterocycles. The Hall–Kier alpha value is -1.81. The number of halogens is 1. The zero-order chi connectivity index (χ0) is 14.4. The Balaban J connectivity index is 2.13. The Labute approximate surface area is 128 Å². The summed E-state index contributed by atoms with van der Waals surface area (Å²) >= 11 is 3.45. The number of anilines is 1. The highest BCUT2D eigenvalue weighted by molar-refractivity contribution is 9.10. The van der Waals surface area contributed by atoms with Crippen LogP contribution >= 0.6 is 15.9 Å². The number of nitrogens with zero attached hydrogens (tertiary/aromatic N) is 1. The third-order valence-corrected chi connectivity index (χ3v) is 3.59. The quantitative estimate of drug-likeness (QED) is 0.625. The van der Waals surface area contributed by atoms with E-state index in [1.807, 2.05) is 30.3 Å². The molecule has 0 fully saturated rings. The second kappa shape index (κ2) is 7.10. The molecule has 0 aromatic heterocycles. The summed E-state index contributed by atoms with van der Waals surface area (Å²) in [7, 11) is 0. The van der Waals surface area contributed by atoms with Crippen molar-refractivity contribution < 1.29 is 0 Å². The zero-order valence-corrected chi connectivity index (χ0v) is 12.8. The Morgan fingerprint density at radius 3 is 2.30 bits per heavy atom. The van der Waals surface area contributed by atoms with Crippen molar-refractivity contribution in [2.45, 2.75) is 13.0 Å². The molecule has 0 atom stereocenters. The van der Waals surface area contributed by atoms with Crippen LogP contribution in [0, 0.1) is 5.41 Å². The highest BCUT2D eigenvalue weighted by Crippen LogP contribution is 2.18. The van der Waals surface area contributed by atoms with Gasteiger partial charge in [-0.15, -0.1) is 0 Å². The topological polar surface area (TPSA) is 53.1 Å². The highest BCUT2D eigenvalue weighted by Gasteiger charge is 2.07. The van der Waals surface area contributed by atoms with Gasteiger partial charge in [0.1, 0.15) is 0 Å². The van der Waals surface area contributed by atoms with E-state index in [2.05, 4.69) is 45.1 Å². The van der Waals surface area contributed by atoms with Crippen LogP contribution in [0.1, 0.15) is 12.0 Å². The lowest BCUT2D eigenvalue weighted by molar-refractivity contribution is 0.802. The molecule has 0 amide bonds. The van der Waals surface area contributed by atoms with Crippen LogP contribution in [0.4, 0.5) is 5.69 Å². The number of para-hydroxylation sites is 1. The van der Waals surface area contributed by atoms with E-state index in [1.165, 1.54) is 5.56 Å². The van der Waals surface area contributed by atoms with Gasteiger partial charge in [0.05, 0.1) is 5.84 Å². The average molecular weight is 332 g/mol. The van der Waals surface area contributed by atoms with Gasteiger partial charge in [-0.3, -0.25) is 5.41 Å². The summed E-state index contributed by atoms with van der Waals surface area (Å²) in [6, 6.07) is 18.5. The van der Waals surface area contributed by atoms with Gasteiger partial charge in [-0.25, -0.2) is 0 Å². The fourth-order valence-corrected chi connectivity index (χ4v) is 2.27. The second-order valence-electron chi connectivity index (χ2n) is 4.66. The van der Waals surface area contributed by atoms with Crippen LogP contribution in [-0.2, 0) is 6.54 Å².